The summed E-state index contributed by atoms with van der Waals surface area (Å²) in [6.07, 6.45) is 0. The highest BCUT2D eigenvalue weighted by Gasteiger charge is 2.26. The van der Waals surface area contributed by atoms with Crippen molar-refractivity contribution in [2.24, 2.45) is 0 Å². The number of anilines is 2. The van der Waals surface area contributed by atoms with Crippen LogP contribution < -0.4 is 19.3 Å². The number of nitro groups is 2. The maximum Gasteiger partial charge on any atom is 0.283 e. The second-order valence-corrected chi connectivity index (χ2v) is 13.2. The standard InChI is InChI=1S/C39H38N6O8/c1-39(2,29-3-15-35(16-4-29)52-37(27-46)42-23-19-40(20-24-42)31-7-11-33(12-8-31)44(48)49)30-5-17-36(18-6-30)53-38(28-47)43-25-21-41(22-26-43)32-9-13-34(14-10-32)45(50)51/h3-18H,19-26H2,1-2H3. The van der Waals surface area contributed by atoms with E-state index in [4.69, 9.17) is 9.47 Å². The molecule has 14 nitrogen and oxygen atoms in total. The highest BCUT2D eigenvalue weighted by molar-refractivity contribution is 5.55. The lowest BCUT2D eigenvalue weighted by Crippen LogP contribution is -2.46. The normalized spacial score (nSPS) is 14.5. The molecule has 0 radical (unpaired) electrons. The summed E-state index contributed by atoms with van der Waals surface area (Å²) in [5, 5.41) is 21.9. The van der Waals surface area contributed by atoms with Gasteiger partial charge in [-0.3, -0.25) is 20.2 Å². The van der Waals surface area contributed by atoms with Gasteiger partial charge in [-0.2, -0.15) is 0 Å². The second kappa shape index (κ2) is 15.7. The third-order valence-corrected chi connectivity index (χ3v) is 9.74. The number of piperazine rings is 2. The van der Waals surface area contributed by atoms with Gasteiger partial charge in [0.2, 0.25) is 0 Å². The minimum atomic E-state index is -0.424. The van der Waals surface area contributed by atoms with Crippen LogP contribution in [0.3, 0.4) is 0 Å². The van der Waals surface area contributed by atoms with Gasteiger partial charge in [-0.05, 0) is 59.7 Å². The topological polar surface area (TPSA) is 152 Å². The van der Waals surface area contributed by atoms with Gasteiger partial charge in [0, 0.05) is 93.4 Å². The number of non-ortho nitro benzene ring substituents is 2. The Morgan fingerprint density at radius 1 is 0.547 bits per heavy atom. The molecule has 2 aliphatic heterocycles. The number of nitro benzene ring substituents is 2. The summed E-state index contributed by atoms with van der Waals surface area (Å²) in [5.41, 5.74) is 3.48. The van der Waals surface area contributed by atoms with Crippen LogP contribution in [0.1, 0.15) is 25.0 Å². The predicted octanol–water partition coefficient (Wildman–Crippen LogP) is 5.58. The molecule has 0 amide bonds. The van der Waals surface area contributed by atoms with Crippen molar-refractivity contribution >= 4 is 34.6 Å². The molecular formula is C39H38N6O8. The molecule has 2 heterocycles. The van der Waals surface area contributed by atoms with Crippen molar-refractivity contribution in [1.29, 1.82) is 0 Å². The molecule has 6 rings (SSSR count). The molecule has 0 aliphatic carbocycles. The minimum absolute atomic E-state index is 0.0409. The van der Waals surface area contributed by atoms with Crippen molar-refractivity contribution in [3.05, 3.63) is 140 Å². The Balaban J connectivity index is 1.01. The van der Waals surface area contributed by atoms with Gasteiger partial charge in [0.25, 0.3) is 23.1 Å². The number of ether oxygens (including phenoxy) is 2. The van der Waals surface area contributed by atoms with E-state index in [0.29, 0.717) is 63.9 Å². The Morgan fingerprint density at radius 3 is 1.15 bits per heavy atom. The van der Waals surface area contributed by atoms with Crippen LogP contribution >= 0.6 is 0 Å². The first-order chi connectivity index (χ1) is 25.5. The molecule has 14 heteroatoms. The van der Waals surface area contributed by atoms with E-state index < -0.39 is 15.3 Å². The first-order valence-electron chi connectivity index (χ1n) is 17.1. The summed E-state index contributed by atoms with van der Waals surface area (Å²) in [7, 11) is 0. The Kier molecular flexibility index (Phi) is 10.7. The maximum absolute atomic E-state index is 11.9. The van der Waals surface area contributed by atoms with E-state index >= 15 is 0 Å². The fourth-order valence-electron chi connectivity index (χ4n) is 6.47. The quantitative estimate of drug-likeness (QED) is 0.0779. The lowest BCUT2D eigenvalue weighted by molar-refractivity contribution is -0.385. The first-order valence-corrected chi connectivity index (χ1v) is 17.1. The predicted molar refractivity (Wildman–Crippen MR) is 198 cm³/mol. The van der Waals surface area contributed by atoms with Gasteiger partial charge in [0.1, 0.15) is 11.5 Å². The lowest BCUT2D eigenvalue weighted by Gasteiger charge is -2.36. The molecule has 0 atom stereocenters. The zero-order valence-electron chi connectivity index (χ0n) is 29.3. The lowest BCUT2D eigenvalue weighted by atomic mass is 9.78. The minimum Gasteiger partial charge on any atom is -0.432 e. The average Bonchev–Trinajstić information content (AvgIpc) is 3.19. The van der Waals surface area contributed by atoms with Crippen LogP contribution in [0.4, 0.5) is 22.7 Å². The van der Waals surface area contributed by atoms with Crippen LogP contribution in [0.15, 0.2) is 109 Å². The molecule has 0 unspecified atom stereocenters. The van der Waals surface area contributed by atoms with Gasteiger partial charge in [-0.15, -0.1) is 0 Å². The Labute approximate surface area is 306 Å². The van der Waals surface area contributed by atoms with E-state index in [9.17, 15) is 29.8 Å². The summed E-state index contributed by atoms with van der Waals surface area (Å²) in [6, 6.07) is 28.0. The summed E-state index contributed by atoms with van der Waals surface area (Å²) < 4.78 is 11.9. The summed E-state index contributed by atoms with van der Waals surface area (Å²) in [4.78, 5) is 52.8. The third-order valence-electron chi connectivity index (χ3n) is 9.74. The zero-order chi connectivity index (χ0) is 37.5. The molecule has 0 bridgehead atoms. The van der Waals surface area contributed by atoms with Gasteiger partial charge in [-0.1, -0.05) is 38.1 Å². The molecule has 272 valence electrons. The molecule has 0 spiro atoms. The largest absolute Gasteiger partial charge is 0.432 e. The van der Waals surface area contributed by atoms with E-state index in [-0.39, 0.29) is 23.1 Å². The average molecular weight is 719 g/mol. The molecule has 2 aliphatic rings. The number of carbonyl (C=O) groups excluding carboxylic acids is 2. The fourth-order valence-corrected chi connectivity index (χ4v) is 6.47. The number of benzene rings is 4. The van der Waals surface area contributed by atoms with Crippen molar-refractivity contribution < 1.29 is 28.9 Å². The van der Waals surface area contributed by atoms with Gasteiger partial charge < -0.3 is 29.1 Å². The number of nitrogens with zero attached hydrogens (tertiary/aromatic N) is 6. The van der Waals surface area contributed by atoms with Crippen LogP contribution in [-0.2, 0) is 15.0 Å². The van der Waals surface area contributed by atoms with Gasteiger partial charge in [-0.25, -0.2) is 9.59 Å². The molecular weight excluding hydrogens is 680 g/mol. The number of hydrogen-bond donors (Lipinski definition) is 0. The SMILES string of the molecule is CC(C)(c1ccc(OC(=C=O)N2CCN(c3ccc([N+](=O)[O-])cc3)CC2)cc1)c1ccc(OC(=C=O)N2CCN(c3ccc([N+](=O)[O-])cc3)CC2)cc1. The van der Waals surface area contributed by atoms with Crippen LogP contribution in [-0.4, -0.2) is 83.9 Å². The molecule has 0 aromatic heterocycles. The molecule has 2 fully saturated rings. The third kappa shape index (κ3) is 8.31. The highest BCUT2D eigenvalue weighted by atomic mass is 16.6. The first kappa shape index (κ1) is 36.2. The Hall–Kier alpha value is -6.62. The van der Waals surface area contributed by atoms with E-state index in [2.05, 4.69) is 23.6 Å². The van der Waals surface area contributed by atoms with Crippen LogP contribution in [0, 0.1) is 20.2 Å². The number of rotatable bonds is 12. The van der Waals surface area contributed by atoms with Crippen molar-refractivity contribution in [2.45, 2.75) is 19.3 Å². The molecule has 4 aromatic rings. The van der Waals surface area contributed by atoms with E-state index in [0.717, 1.165) is 22.5 Å². The second-order valence-electron chi connectivity index (χ2n) is 13.2. The molecule has 0 saturated carbocycles. The van der Waals surface area contributed by atoms with Crippen molar-refractivity contribution in [3.8, 4) is 11.5 Å². The van der Waals surface area contributed by atoms with Gasteiger partial charge in [0.15, 0.2) is 11.9 Å². The van der Waals surface area contributed by atoms with E-state index in [1.54, 1.807) is 24.3 Å². The monoisotopic (exact) mass is 718 g/mol. The van der Waals surface area contributed by atoms with Crippen molar-refractivity contribution in [1.82, 2.24) is 9.80 Å². The fraction of sp³-hybridized carbons (Fsp3) is 0.282. The van der Waals surface area contributed by atoms with Crippen molar-refractivity contribution in [3.63, 3.8) is 0 Å². The summed E-state index contributed by atoms with van der Waals surface area (Å²) in [6.45, 7) is 8.74. The molecule has 53 heavy (non-hydrogen) atoms. The zero-order valence-corrected chi connectivity index (χ0v) is 29.3. The maximum atomic E-state index is 11.9. The molecule has 2 saturated heterocycles. The van der Waals surface area contributed by atoms with Crippen LogP contribution in [0.2, 0.25) is 0 Å². The summed E-state index contributed by atoms with van der Waals surface area (Å²) in [5.74, 6) is 5.09. The van der Waals surface area contributed by atoms with Gasteiger partial charge in [0.05, 0.1) is 9.85 Å². The Morgan fingerprint density at radius 2 is 0.868 bits per heavy atom. The van der Waals surface area contributed by atoms with Gasteiger partial charge >= 0.3 is 0 Å². The molecule has 0 N–H and O–H groups in total. The molecule has 4 aromatic carbocycles. The van der Waals surface area contributed by atoms with E-state index in [1.165, 1.54) is 24.3 Å². The van der Waals surface area contributed by atoms with E-state index in [1.807, 2.05) is 70.2 Å². The number of hydrogen-bond acceptors (Lipinski definition) is 12. The summed E-state index contributed by atoms with van der Waals surface area (Å²) >= 11 is 0. The van der Waals surface area contributed by atoms with Crippen LogP contribution in [0.25, 0.3) is 0 Å². The van der Waals surface area contributed by atoms with Crippen LogP contribution in [0.5, 0.6) is 11.5 Å². The highest BCUT2D eigenvalue weighted by Crippen LogP contribution is 2.34. The van der Waals surface area contributed by atoms with Crippen molar-refractivity contribution in [2.75, 3.05) is 62.2 Å². The smallest absolute Gasteiger partial charge is 0.283 e. The Bertz CT molecular complexity index is 1880.